The Kier molecular flexibility index (Phi) is 6.14. The third kappa shape index (κ3) is 5.52. The van der Waals surface area contributed by atoms with E-state index >= 15 is 0 Å². The van der Waals surface area contributed by atoms with Crippen LogP contribution in [0.1, 0.15) is 48.8 Å². The number of anilines is 1. The van der Waals surface area contributed by atoms with Gasteiger partial charge in [0.05, 0.1) is 16.1 Å². The number of nitrogens with one attached hydrogen (secondary N) is 2. The van der Waals surface area contributed by atoms with Gasteiger partial charge in [0.15, 0.2) is 0 Å². The summed E-state index contributed by atoms with van der Waals surface area (Å²) in [6.07, 6.45) is 2.59. The molecule has 1 atom stereocenters. The number of likely N-dealkylation sites (tertiary alicyclic amines) is 1. The molecule has 9 heteroatoms. The number of amides is 2. The molecular weight excluding hydrogens is 374 g/mol. The van der Waals surface area contributed by atoms with Crippen LogP contribution in [-0.4, -0.2) is 50.5 Å². The molecule has 1 fully saturated rings. The van der Waals surface area contributed by atoms with E-state index in [9.17, 15) is 18.0 Å². The molecule has 26 heavy (non-hydrogen) atoms. The molecule has 0 spiro atoms. The predicted molar refractivity (Wildman–Crippen MR) is 104 cm³/mol. The van der Waals surface area contributed by atoms with Crippen molar-refractivity contribution in [3.8, 4) is 0 Å². The van der Waals surface area contributed by atoms with E-state index in [0.717, 1.165) is 18.2 Å². The number of hydrogen-bond acceptors (Lipinski definition) is 5. The maximum atomic E-state index is 12.9. The zero-order valence-electron chi connectivity index (χ0n) is 15.9. The van der Waals surface area contributed by atoms with Crippen LogP contribution < -0.4 is 10.0 Å². The lowest BCUT2D eigenvalue weighted by Gasteiger charge is -2.32. The highest BCUT2D eigenvalue weighted by atomic mass is 32.2. The summed E-state index contributed by atoms with van der Waals surface area (Å²) in [6.45, 7) is 8.29. The van der Waals surface area contributed by atoms with Crippen molar-refractivity contribution < 1.29 is 18.0 Å². The van der Waals surface area contributed by atoms with E-state index in [0.29, 0.717) is 29.4 Å². The van der Waals surface area contributed by atoms with E-state index in [2.05, 4.69) is 10.0 Å². The molecule has 0 aromatic carbocycles. The minimum atomic E-state index is -3.30. The zero-order valence-corrected chi connectivity index (χ0v) is 17.5. The summed E-state index contributed by atoms with van der Waals surface area (Å²) in [4.78, 5) is 27.3. The van der Waals surface area contributed by atoms with Crippen molar-refractivity contribution in [1.82, 2.24) is 9.62 Å². The van der Waals surface area contributed by atoms with Crippen molar-refractivity contribution in [1.29, 1.82) is 0 Å². The largest absolute Gasteiger partial charge is 0.336 e. The van der Waals surface area contributed by atoms with Crippen molar-refractivity contribution in [3.63, 3.8) is 0 Å². The van der Waals surface area contributed by atoms with Gasteiger partial charge in [0, 0.05) is 24.5 Å². The van der Waals surface area contributed by atoms with Gasteiger partial charge in [0.1, 0.15) is 0 Å². The minimum absolute atomic E-state index is 0.104. The van der Waals surface area contributed by atoms with E-state index < -0.39 is 15.4 Å². The third-order valence-corrected chi connectivity index (χ3v) is 6.02. The van der Waals surface area contributed by atoms with Crippen LogP contribution >= 0.6 is 11.3 Å². The molecule has 2 rings (SSSR count). The summed E-state index contributed by atoms with van der Waals surface area (Å²) in [5.41, 5.74) is 0.293. The lowest BCUT2D eigenvalue weighted by molar-refractivity contribution is -0.123. The molecule has 1 aliphatic heterocycles. The number of piperidine rings is 1. The smallest absolute Gasteiger partial charge is 0.264 e. The molecule has 0 bridgehead atoms. The minimum Gasteiger partial charge on any atom is -0.336 e. The van der Waals surface area contributed by atoms with Gasteiger partial charge in [0.25, 0.3) is 5.91 Å². The molecule has 0 aliphatic carbocycles. The fraction of sp³-hybridized carbons (Fsp3) is 0.647. The van der Waals surface area contributed by atoms with Gasteiger partial charge < -0.3 is 10.2 Å². The van der Waals surface area contributed by atoms with Gasteiger partial charge in [0.2, 0.25) is 15.9 Å². The Morgan fingerprint density at radius 1 is 1.31 bits per heavy atom. The Bertz CT molecular complexity index is 793. The van der Waals surface area contributed by atoms with E-state index in [-0.39, 0.29) is 17.9 Å². The molecule has 1 aromatic heterocycles. The van der Waals surface area contributed by atoms with E-state index in [1.807, 2.05) is 27.7 Å². The monoisotopic (exact) mass is 401 g/mol. The Morgan fingerprint density at radius 2 is 1.96 bits per heavy atom. The van der Waals surface area contributed by atoms with Gasteiger partial charge in [-0.3, -0.25) is 9.59 Å². The van der Waals surface area contributed by atoms with Crippen molar-refractivity contribution in [2.24, 2.45) is 5.41 Å². The number of hydrogen-bond donors (Lipinski definition) is 2. The van der Waals surface area contributed by atoms with Gasteiger partial charge in [-0.1, -0.05) is 20.8 Å². The Labute approximate surface area is 159 Å². The average molecular weight is 402 g/mol. The summed E-state index contributed by atoms with van der Waals surface area (Å²) < 4.78 is 25.5. The fourth-order valence-corrected chi connectivity index (χ4v) is 4.59. The standard InChI is InChI=1S/C17H27N3O4S2/c1-11-9-13(18-16(22)17(2,3)4)25-14(11)15(21)20-8-6-7-12(10-20)19-26(5,23)24/h9,12,19H,6-8,10H2,1-5H3,(H,18,22). The molecule has 1 saturated heterocycles. The van der Waals surface area contributed by atoms with Gasteiger partial charge >= 0.3 is 0 Å². The predicted octanol–water partition coefficient (Wildman–Crippen LogP) is 2.19. The summed E-state index contributed by atoms with van der Waals surface area (Å²) in [5, 5.41) is 3.50. The van der Waals surface area contributed by atoms with Crippen molar-refractivity contribution in [2.75, 3.05) is 24.7 Å². The van der Waals surface area contributed by atoms with Gasteiger partial charge in [-0.15, -0.1) is 11.3 Å². The second kappa shape index (κ2) is 7.66. The number of carbonyl (C=O) groups is 2. The second-order valence-electron chi connectivity index (χ2n) is 7.81. The highest BCUT2D eigenvalue weighted by Gasteiger charge is 2.28. The van der Waals surface area contributed by atoms with E-state index in [1.165, 1.54) is 11.3 Å². The lowest BCUT2D eigenvalue weighted by Crippen LogP contribution is -2.49. The Hall–Kier alpha value is -1.45. The third-order valence-electron chi connectivity index (χ3n) is 4.12. The molecule has 7 nitrogen and oxygen atoms in total. The number of nitrogens with zero attached hydrogens (tertiary/aromatic N) is 1. The van der Waals surface area contributed by atoms with Gasteiger partial charge in [-0.25, -0.2) is 13.1 Å². The Morgan fingerprint density at radius 3 is 2.54 bits per heavy atom. The van der Waals surface area contributed by atoms with E-state index in [1.54, 1.807) is 11.0 Å². The fourth-order valence-electron chi connectivity index (χ4n) is 2.76. The SMILES string of the molecule is Cc1cc(NC(=O)C(C)(C)C)sc1C(=O)N1CCCC(NS(C)(=O)=O)C1. The molecule has 1 aliphatic rings. The molecular formula is C17H27N3O4S2. The average Bonchev–Trinajstić information content (AvgIpc) is 2.84. The highest BCUT2D eigenvalue weighted by molar-refractivity contribution is 7.88. The quantitative estimate of drug-likeness (QED) is 0.808. The first kappa shape index (κ1) is 20.9. The van der Waals surface area contributed by atoms with Crippen molar-refractivity contribution in [2.45, 2.75) is 46.6 Å². The van der Waals surface area contributed by atoms with E-state index in [4.69, 9.17) is 0 Å². The van der Waals surface area contributed by atoms with Crippen LogP contribution in [0.3, 0.4) is 0 Å². The molecule has 0 saturated carbocycles. The summed E-state index contributed by atoms with van der Waals surface area (Å²) in [5.74, 6) is -0.225. The normalized spacial score (nSPS) is 18.7. The zero-order chi connectivity index (χ0) is 19.7. The highest BCUT2D eigenvalue weighted by Crippen LogP contribution is 2.30. The number of rotatable bonds is 4. The van der Waals surface area contributed by atoms with Crippen LogP contribution in [0.4, 0.5) is 5.00 Å². The number of thiophene rings is 1. The maximum Gasteiger partial charge on any atom is 0.264 e. The maximum absolute atomic E-state index is 12.9. The van der Waals surface area contributed by atoms with Gasteiger partial charge in [-0.05, 0) is 31.4 Å². The van der Waals surface area contributed by atoms with Gasteiger partial charge in [-0.2, -0.15) is 0 Å². The first-order chi connectivity index (χ1) is 11.9. The Balaban J connectivity index is 2.11. The summed E-state index contributed by atoms with van der Waals surface area (Å²) >= 11 is 1.26. The molecule has 0 radical (unpaired) electrons. The lowest BCUT2D eigenvalue weighted by atomic mass is 9.96. The summed E-state index contributed by atoms with van der Waals surface area (Å²) in [7, 11) is -3.30. The molecule has 146 valence electrons. The number of aryl methyl sites for hydroxylation is 1. The van der Waals surface area contributed by atoms with Crippen LogP contribution in [-0.2, 0) is 14.8 Å². The summed E-state index contributed by atoms with van der Waals surface area (Å²) in [6, 6.07) is 1.54. The van der Waals surface area contributed by atoms with Crippen LogP contribution in [0.5, 0.6) is 0 Å². The van der Waals surface area contributed by atoms with Crippen LogP contribution in [0.2, 0.25) is 0 Å². The molecule has 2 amide bonds. The molecule has 1 aromatic rings. The molecule has 2 heterocycles. The molecule has 1 unspecified atom stereocenters. The number of sulfonamides is 1. The second-order valence-corrected chi connectivity index (χ2v) is 10.6. The first-order valence-electron chi connectivity index (χ1n) is 8.55. The molecule has 2 N–H and O–H groups in total. The van der Waals surface area contributed by atoms with Crippen molar-refractivity contribution in [3.05, 3.63) is 16.5 Å². The van der Waals surface area contributed by atoms with Crippen molar-refractivity contribution >= 4 is 38.2 Å². The number of carbonyl (C=O) groups excluding carboxylic acids is 2. The van der Waals surface area contributed by atoms with Crippen LogP contribution in [0, 0.1) is 12.3 Å². The van der Waals surface area contributed by atoms with Crippen LogP contribution in [0.15, 0.2) is 6.07 Å². The first-order valence-corrected chi connectivity index (χ1v) is 11.3. The topological polar surface area (TPSA) is 95.6 Å². The van der Waals surface area contributed by atoms with Crippen LogP contribution in [0.25, 0.3) is 0 Å².